The molecule has 0 aliphatic carbocycles. The van der Waals surface area contributed by atoms with Gasteiger partial charge in [-0.1, -0.05) is 6.07 Å². The number of aryl methyl sites for hydroxylation is 1. The van der Waals surface area contributed by atoms with E-state index in [2.05, 4.69) is 33.8 Å². The number of esters is 1. The Morgan fingerprint density at radius 1 is 1.18 bits per heavy atom. The summed E-state index contributed by atoms with van der Waals surface area (Å²) in [7, 11) is 1.93. The number of fused-ring (bicyclic) bond motifs is 1. The molecule has 0 bridgehead atoms. The topological polar surface area (TPSA) is 121 Å². The minimum atomic E-state index is -0.310. The molecule has 2 saturated heterocycles. The summed E-state index contributed by atoms with van der Waals surface area (Å²) in [4.78, 5) is 28.0. The van der Waals surface area contributed by atoms with Crippen molar-refractivity contribution >= 4 is 23.4 Å². The second-order valence-electron chi connectivity index (χ2n) is 10.2. The van der Waals surface area contributed by atoms with Crippen molar-refractivity contribution in [2.45, 2.75) is 32.7 Å². The van der Waals surface area contributed by atoms with Crippen molar-refractivity contribution in [3.63, 3.8) is 0 Å². The van der Waals surface area contributed by atoms with Gasteiger partial charge in [0.2, 0.25) is 0 Å². The van der Waals surface area contributed by atoms with Crippen LogP contribution >= 0.6 is 0 Å². The molecule has 2 aromatic carbocycles. The molecule has 0 saturated carbocycles. The normalized spacial score (nSPS) is 21.9. The number of hydrogen-bond acceptors (Lipinski definition) is 9. The van der Waals surface area contributed by atoms with Crippen molar-refractivity contribution in [3.8, 4) is 0 Å². The summed E-state index contributed by atoms with van der Waals surface area (Å²) in [5, 5.41) is 10.2. The Kier molecular flexibility index (Phi) is 7.66. The maximum absolute atomic E-state index is 12.0. The zero-order valence-electron chi connectivity index (χ0n) is 22.2. The predicted octanol–water partition coefficient (Wildman–Crippen LogP) is 2.38. The first-order chi connectivity index (χ1) is 18.3. The lowest BCUT2D eigenvalue weighted by atomic mass is 9.92. The zero-order chi connectivity index (χ0) is 26.8. The molecule has 202 valence electrons. The molecule has 0 spiro atoms. The highest BCUT2D eigenvalue weighted by molar-refractivity contribution is 5.94. The third-order valence-electron chi connectivity index (χ3n) is 7.30. The van der Waals surface area contributed by atoms with Crippen molar-refractivity contribution in [3.05, 3.63) is 69.9 Å². The van der Waals surface area contributed by atoms with Crippen LogP contribution in [0.1, 0.15) is 38.7 Å². The van der Waals surface area contributed by atoms with Gasteiger partial charge in [0, 0.05) is 55.4 Å². The Labute approximate surface area is 223 Å². The van der Waals surface area contributed by atoms with Gasteiger partial charge in [-0.2, -0.15) is 0 Å². The number of nitrogens with one attached hydrogen (secondary N) is 3. The largest absolute Gasteiger partial charge is 0.457 e. The van der Waals surface area contributed by atoms with Crippen molar-refractivity contribution in [2.75, 3.05) is 56.6 Å². The molecule has 10 heteroatoms. The van der Waals surface area contributed by atoms with Gasteiger partial charge < -0.3 is 25.8 Å². The minimum absolute atomic E-state index is 0.0445. The number of amides is 1. The fourth-order valence-corrected chi connectivity index (χ4v) is 5.52. The van der Waals surface area contributed by atoms with Crippen LogP contribution in [0.3, 0.4) is 0 Å². The Morgan fingerprint density at radius 2 is 2.03 bits per heavy atom. The molecular formula is C28H36N6O4. The standard InChI is InChI=1S/C28H36N6O4/c1-17-8-20(10-21(9-17)34-6-7-37-28(34)36)31-12-19(11-30-3)13-33-14-25(32-26(29)15-33)22-4-5-23-24(18(22)2)16-38-27(23)35/h4-5,8-10,12,25-26,30-32H,6-7,11,13-16,29H2,1-3H3/b19-12+/t25-,26+/m0/s1. The number of anilines is 2. The number of nitrogens with zero attached hydrogens (tertiary/aromatic N) is 2. The molecule has 0 unspecified atom stereocenters. The summed E-state index contributed by atoms with van der Waals surface area (Å²) in [6.45, 7) is 8.32. The van der Waals surface area contributed by atoms with E-state index in [1.165, 1.54) is 5.57 Å². The zero-order valence-corrected chi connectivity index (χ0v) is 22.2. The van der Waals surface area contributed by atoms with E-state index in [0.29, 0.717) is 31.9 Å². The summed E-state index contributed by atoms with van der Waals surface area (Å²) in [6.07, 6.45) is 1.54. The summed E-state index contributed by atoms with van der Waals surface area (Å²) < 4.78 is 10.3. The second-order valence-corrected chi connectivity index (χ2v) is 10.2. The summed E-state index contributed by atoms with van der Waals surface area (Å²) in [5.74, 6) is -0.250. The van der Waals surface area contributed by atoms with E-state index < -0.39 is 0 Å². The molecule has 3 aliphatic heterocycles. The summed E-state index contributed by atoms with van der Waals surface area (Å²) >= 11 is 0. The number of nitrogens with two attached hydrogens (primary N) is 1. The lowest BCUT2D eigenvalue weighted by Gasteiger charge is -2.38. The lowest BCUT2D eigenvalue weighted by Crippen LogP contribution is -2.56. The highest BCUT2D eigenvalue weighted by Gasteiger charge is 2.30. The number of carbonyl (C=O) groups excluding carboxylic acids is 2. The number of likely N-dealkylation sites (N-methyl/N-ethyl adjacent to an activating group) is 1. The third-order valence-corrected chi connectivity index (χ3v) is 7.30. The summed E-state index contributed by atoms with van der Waals surface area (Å²) in [5.41, 5.74) is 14.3. The Bertz CT molecular complexity index is 1260. The van der Waals surface area contributed by atoms with Gasteiger partial charge >= 0.3 is 12.1 Å². The molecule has 0 radical (unpaired) electrons. The number of benzene rings is 2. The number of piperazine rings is 1. The average Bonchev–Trinajstić information content (AvgIpc) is 3.48. The smallest absolute Gasteiger partial charge is 0.414 e. The molecule has 1 amide bonds. The Balaban J connectivity index is 1.30. The first kappa shape index (κ1) is 26.2. The molecular weight excluding hydrogens is 484 g/mol. The van der Waals surface area contributed by atoms with Gasteiger partial charge in [-0.3, -0.25) is 15.1 Å². The van der Waals surface area contributed by atoms with Crippen LogP contribution in [-0.4, -0.2) is 69.5 Å². The summed E-state index contributed by atoms with van der Waals surface area (Å²) in [6, 6.07) is 9.94. The molecule has 38 heavy (non-hydrogen) atoms. The number of rotatable bonds is 8. The predicted molar refractivity (Wildman–Crippen MR) is 146 cm³/mol. The number of ether oxygens (including phenoxy) is 2. The molecule has 2 fully saturated rings. The van der Waals surface area contributed by atoms with E-state index >= 15 is 0 Å². The van der Waals surface area contributed by atoms with Gasteiger partial charge in [0.05, 0.1) is 18.3 Å². The van der Waals surface area contributed by atoms with Crippen LogP contribution in [0.5, 0.6) is 0 Å². The number of carbonyl (C=O) groups is 2. The van der Waals surface area contributed by atoms with Crippen LogP contribution in [0.4, 0.5) is 16.2 Å². The Morgan fingerprint density at radius 3 is 2.79 bits per heavy atom. The fourth-order valence-electron chi connectivity index (χ4n) is 5.52. The molecule has 0 aromatic heterocycles. The van der Waals surface area contributed by atoms with E-state index in [1.807, 2.05) is 44.4 Å². The molecule has 10 nitrogen and oxygen atoms in total. The van der Waals surface area contributed by atoms with Crippen LogP contribution in [-0.2, 0) is 16.1 Å². The van der Waals surface area contributed by atoms with E-state index in [0.717, 1.165) is 53.3 Å². The van der Waals surface area contributed by atoms with Crippen LogP contribution in [0, 0.1) is 13.8 Å². The van der Waals surface area contributed by atoms with Crippen LogP contribution in [0.25, 0.3) is 0 Å². The Hall–Kier alpha value is -3.44. The van der Waals surface area contributed by atoms with Gasteiger partial charge in [0.15, 0.2) is 0 Å². The van der Waals surface area contributed by atoms with E-state index in [4.69, 9.17) is 15.2 Å². The molecule has 3 heterocycles. The van der Waals surface area contributed by atoms with Crippen molar-refractivity contribution < 1.29 is 19.1 Å². The van der Waals surface area contributed by atoms with Crippen molar-refractivity contribution in [2.24, 2.45) is 5.73 Å². The van der Waals surface area contributed by atoms with Crippen molar-refractivity contribution in [1.82, 2.24) is 15.5 Å². The highest BCUT2D eigenvalue weighted by Crippen LogP contribution is 2.31. The van der Waals surface area contributed by atoms with E-state index in [9.17, 15) is 9.59 Å². The number of hydrogen-bond donors (Lipinski definition) is 4. The van der Waals surface area contributed by atoms with E-state index in [1.54, 1.807) is 4.90 Å². The molecule has 5 N–H and O–H groups in total. The molecule has 5 rings (SSSR count). The minimum Gasteiger partial charge on any atom is -0.457 e. The maximum Gasteiger partial charge on any atom is 0.414 e. The van der Waals surface area contributed by atoms with Gasteiger partial charge in [0.1, 0.15) is 13.2 Å². The maximum atomic E-state index is 12.0. The van der Waals surface area contributed by atoms with Gasteiger partial charge in [-0.25, -0.2) is 9.59 Å². The van der Waals surface area contributed by atoms with Gasteiger partial charge in [0.25, 0.3) is 0 Å². The van der Waals surface area contributed by atoms with Gasteiger partial charge in [-0.15, -0.1) is 0 Å². The first-order valence-corrected chi connectivity index (χ1v) is 13.0. The van der Waals surface area contributed by atoms with Crippen LogP contribution in [0.15, 0.2) is 42.1 Å². The molecule has 2 atom stereocenters. The quantitative estimate of drug-likeness (QED) is 0.389. The SMILES string of the molecule is CNC/C(=C\Nc1cc(C)cc(N2CCOC2=O)c1)CN1C[C@@H](c2ccc3c(c2C)COC3=O)N[C@@H](N)C1. The lowest BCUT2D eigenvalue weighted by molar-refractivity contribution is 0.0535. The van der Waals surface area contributed by atoms with Crippen LogP contribution < -0.4 is 26.6 Å². The second kappa shape index (κ2) is 11.1. The average molecular weight is 521 g/mol. The first-order valence-electron chi connectivity index (χ1n) is 13.0. The van der Waals surface area contributed by atoms with Crippen molar-refractivity contribution in [1.29, 1.82) is 0 Å². The van der Waals surface area contributed by atoms with Crippen LogP contribution in [0.2, 0.25) is 0 Å². The van der Waals surface area contributed by atoms with Gasteiger partial charge in [-0.05, 0) is 67.4 Å². The fraction of sp³-hybridized carbons (Fsp3) is 0.429. The van der Waals surface area contributed by atoms with E-state index in [-0.39, 0.29) is 24.3 Å². The molecule has 2 aromatic rings. The monoisotopic (exact) mass is 520 g/mol. The number of cyclic esters (lactones) is 2. The highest BCUT2D eigenvalue weighted by atomic mass is 16.6. The third kappa shape index (κ3) is 5.53. The molecule has 3 aliphatic rings.